The molecule has 0 aliphatic carbocycles. The maximum Gasteiger partial charge on any atom is 0.0702 e. The van der Waals surface area contributed by atoms with E-state index >= 15 is 0 Å². The van der Waals surface area contributed by atoms with Crippen LogP contribution in [0.25, 0.3) is 0 Å². The van der Waals surface area contributed by atoms with Gasteiger partial charge in [-0.15, -0.1) is 0 Å². The first-order chi connectivity index (χ1) is 6.15. The SMILES string of the molecule is CCC(O)CN(C)C1CCOC1C. The van der Waals surface area contributed by atoms with Crippen LogP contribution in [0.2, 0.25) is 0 Å². The summed E-state index contributed by atoms with van der Waals surface area (Å²) in [6.45, 7) is 5.73. The number of hydrogen-bond donors (Lipinski definition) is 1. The number of aliphatic hydroxyl groups is 1. The summed E-state index contributed by atoms with van der Waals surface area (Å²) in [5.41, 5.74) is 0. The van der Waals surface area contributed by atoms with Crippen LogP contribution in [0.4, 0.5) is 0 Å². The molecule has 1 aliphatic rings. The zero-order valence-electron chi connectivity index (χ0n) is 8.86. The van der Waals surface area contributed by atoms with Gasteiger partial charge in [0, 0.05) is 19.2 Å². The molecule has 3 heteroatoms. The lowest BCUT2D eigenvalue weighted by Crippen LogP contribution is -2.41. The molecule has 78 valence electrons. The van der Waals surface area contributed by atoms with E-state index in [0.29, 0.717) is 12.1 Å². The monoisotopic (exact) mass is 187 g/mol. The Labute approximate surface area is 80.7 Å². The number of rotatable bonds is 4. The van der Waals surface area contributed by atoms with Crippen molar-refractivity contribution >= 4 is 0 Å². The first-order valence-corrected chi connectivity index (χ1v) is 5.15. The molecule has 3 unspecified atom stereocenters. The van der Waals surface area contributed by atoms with Gasteiger partial charge < -0.3 is 9.84 Å². The van der Waals surface area contributed by atoms with E-state index < -0.39 is 0 Å². The van der Waals surface area contributed by atoms with E-state index in [1.54, 1.807) is 0 Å². The van der Waals surface area contributed by atoms with E-state index in [9.17, 15) is 5.11 Å². The topological polar surface area (TPSA) is 32.7 Å². The molecule has 3 atom stereocenters. The van der Waals surface area contributed by atoms with Gasteiger partial charge in [-0.3, -0.25) is 4.90 Å². The Hall–Kier alpha value is -0.120. The summed E-state index contributed by atoms with van der Waals surface area (Å²) in [6.07, 6.45) is 2.03. The molecule has 1 N–H and O–H groups in total. The summed E-state index contributed by atoms with van der Waals surface area (Å²) < 4.78 is 5.48. The second kappa shape index (κ2) is 4.94. The van der Waals surface area contributed by atoms with Crippen molar-refractivity contribution in [2.45, 2.75) is 44.9 Å². The van der Waals surface area contributed by atoms with Crippen molar-refractivity contribution in [1.82, 2.24) is 4.90 Å². The van der Waals surface area contributed by atoms with Crippen LogP contribution in [0.15, 0.2) is 0 Å². The molecule has 1 aliphatic heterocycles. The van der Waals surface area contributed by atoms with Crippen molar-refractivity contribution in [2.75, 3.05) is 20.2 Å². The van der Waals surface area contributed by atoms with Gasteiger partial charge in [-0.05, 0) is 26.8 Å². The van der Waals surface area contributed by atoms with Crippen molar-refractivity contribution in [3.05, 3.63) is 0 Å². The van der Waals surface area contributed by atoms with Crippen LogP contribution in [0.3, 0.4) is 0 Å². The van der Waals surface area contributed by atoms with Gasteiger partial charge in [-0.1, -0.05) is 6.92 Å². The number of hydrogen-bond acceptors (Lipinski definition) is 3. The van der Waals surface area contributed by atoms with Gasteiger partial charge >= 0.3 is 0 Å². The molecule has 3 nitrogen and oxygen atoms in total. The first kappa shape index (κ1) is 11.0. The van der Waals surface area contributed by atoms with Crippen LogP contribution in [0, 0.1) is 0 Å². The largest absolute Gasteiger partial charge is 0.392 e. The molecule has 1 saturated heterocycles. The fourth-order valence-corrected chi connectivity index (χ4v) is 1.90. The third-order valence-electron chi connectivity index (χ3n) is 2.87. The number of ether oxygens (including phenoxy) is 1. The summed E-state index contributed by atoms with van der Waals surface area (Å²) in [4.78, 5) is 2.21. The third-order valence-corrected chi connectivity index (χ3v) is 2.87. The molecular weight excluding hydrogens is 166 g/mol. The molecular formula is C10H21NO2. The normalized spacial score (nSPS) is 31.2. The minimum atomic E-state index is -0.196. The Kier molecular flexibility index (Phi) is 4.16. The summed E-state index contributed by atoms with van der Waals surface area (Å²) in [6, 6.07) is 0.487. The Bertz CT molecular complexity index is 152. The maximum atomic E-state index is 9.49. The van der Waals surface area contributed by atoms with E-state index in [2.05, 4.69) is 18.9 Å². The second-order valence-electron chi connectivity index (χ2n) is 3.93. The molecule has 1 heterocycles. The second-order valence-corrected chi connectivity index (χ2v) is 3.93. The number of nitrogens with zero attached hydrogens (tertiary/aromatic N) is 1. The van der Waals surface area contributed by atoms with Gasteiger partial charge in [-0.2, -0.15) is 0 Å². The molecule has 0 aromatic carbocycles. The average Bonchev–Trinajstić information content (AvgIpc) is 2.51. The van der Waals surface area contributed by atoms with Crippen LogP contribution < -0.4 is 0 Å². The molecule has 1 rings (SSSR count). The van der Waals surface area contributed by atoms with E-state index in [-0.39, 0.29) is 6.10 Å². The van der Waals surface area contributed by atoms with Crippen LogP contribution in [-0.4, -0.2) is 48.5 Å². The fraction of sp³-hybridized carbons (Fsp3) is 1.00. The average molecular weight is 187 g/mol. The van der Waals surface area contributed by atoms with Crippen LogP contribution in [0.5, 0.6) is 0 Å². The number of likely N-dealkylation sites (N-methyl/N-ethyl adjacent to an activating group) is 1. The van der Waals surface area contributed by atoms with E-state index in [4.69, 9.17) is 4.74 Å². The summed E-state index contributed by atoms with van der Waals surface area (Å²) in [5, 5.41) is 9.49. The quantitative estimate of drug-likeness (QED) is 0.708. The van der Waals surface area contributed by atoms with Crippen LogP contribution in [-0.2, 0) is 4.74 Å². The third kappa shape index (κ3) is 2.93. The van der Waals surface area contributed by atoms with Crippen molar-refractivity contribution < 1.29 is 9.84 Å². The molecule has 0 spiro atoms. The molecule has 0 amide bonds. The standard InChI is InChI=1S/C10H21NO2/c1-4-9(12)7-11(3)10-5-6-13-8(10)2/h8-10,12H,4-7H2,1-3H3. The van der Waals surface area contributed by atoms with Gasteiger partial charge in [0.15, 0.2) is 0 Å². The Morgan fingerprint density at radius 3 is 2.77 bits per heavy atom. The van der Waals surface area contributed by atoms with E-state index in [1.165, 1.54) is 0 Å². The Morgan fingerprint density at radius 2 is 2.31 bits per heavy atom. The lowest BCUT2D eigenvalue weighted by Gasteiger charge is -2.28. The Morgan fingerprint density at radius 1 is 1.62 bits per heavy atom. The highest BCUT2D eigenvalue weighted by molar-refractivity contribution is 4.81. The minimum absolute atomic E-state index is 0.196. The highest BCUT2D eigenvalue weighted by Crippen LogP contribution is 2.18. The van der Waals surface area contributed by atoms with Crippen LogP contribution in [0.1, 0.15) is 26.7 Å². The van der Waals surface area contributed by atoms with Crippen molar-refractivity contribution in [2.24, 2.45) is 0 Å². The number of aliphatic hydroxyl groups excluding tert-OH is 1. The highest BCUT2D eigenvalue weighted by atomic mass is 16.5. The summed E-state index contributed by atoms with van der Waals surface area (Å²) in [7, 11) is 2.06. The van der Waals surface area contributed by atoms with Crippen molar-refractivity contribution in [1.29, 1.82) is 0 Å². The zero-order chi connectivity index (χ0) is 9.84. The van der Waals surface area contributed by atoms with E-state index in [0.717, 1.165) is 26.0 Å². The minimum Gasteiger partial charge on any atom is -0.392 e. The first-order valence-electron chi connectivity index (χ1n) is 5.15. The molecule has 13 heavy (non-hydrogen) atoms. The molecule has 1 fully saturated rings. The van der Waals surface area contributed by atoms with Gasteiger partial charge in [-0.25, -0.2) is 0 Å². The molecule has 0 aromatic heterocycles. The zero-order valence-corrected chi connectivity index (χ0v) is 8.86. The van der Waals surface area contributed by atoms with Gasteiger partial charge in [0.2, 0.25) is 0 Å². The molecule has 0 aromatic rings. The predicted molar refractivity (Wildman–Crippen MR) is 52.7 cm³/mol. The van der Waals surface area contributed by atoms with Crippen molar-refractivity contribution in [3.8, 4) is 0 Å². The van der Waals surface area contributed by atoms with Crippen molar-refractivity contribution in [3.63, 3.8) is 0 Å². The maximum absolute atomic E-state index is 9.49. The lowest BCUT2D eigenvalue weighted by atomic mass is 10.1. The van der Waals surface area contributed by atoms with Gasteiger partial charge in [0.05, 0.1) is 12.2 Å². The lowest BCUT2D eigenvalue weighted by molar-refractivity contribution is 0.0571. The molecule has 0 saturated carbocycles. The predicted octanol–water partition coefficient (Wildman–Crippen LogP) is 0.866. The Balaban J connectivity index is 2.33. The summed E-state index contributed by atoms with van der Waals surface area (Å²) >= 11 is 0. The fourth-order valence-electron chi connectivity index (χ4n) is 1.90. The van der Waals surface area contributed by atoms with Gasteiger partial charge in [0.1, 0.15) is 0 Å². The highest BCUT2D eigenvalue weighted by Gasteiger charge is 2.28. The van der Waals surface area contributed by atoms with E-state index in [1.807, 2.05) is 6.92 Å². The van der Waals surface area contributed by atoms with Crippen LogP contribution >= 0.6 is 0 Å². The summed E-state index contributed by atoms with van der Waals surface area (Å²) in [5.74, 6) is 0. The molecule has 0 radical (unpaired) electrons. The van der Waals surface area contributed by atoms with Gasteiger partial charge in [0.25, 0.3) is 0 Å². The smallest absolute Gasteiger partial charge is 0.0702 e. The molecule has 0 bridgehead atoms.